The first-order valence-electron chi connectivity index (χ1n) is 7.16. The van der Waals surface area contributed by atoms with E-state index in [0.717, 1.165) is 29.3 Å². The highest BCUT2D eigenvalue weighted by Gasteiger charge is 2.26. The average molecular weight is 310 g/mol. The number of carbonyl (C=O) groups excluding carboxylic acids is 1. The van der Waals surface area contributed by atoms with Gasteiger partial charge in [-0.1, -0.05) is 36.0 Å². The van der Waals surface area contributed by atoms with Gasteiger partial charge in [0.2, 0.25) is 5.91 Å². The Morgan fingerprint density at radius 3 is 2.95 bits per heavy atom. The molecule has 4 rings (SSSR count). The highest BCUT2D eigenvalue weighted by atomic mass is 32.2. The fraction of sp³-hybridized carbons (Fsp3) is 0.188. The smallest absolute Gasteiger partial charge is 0.237 e. The average Bonchev–Trinajstić information content (AvgIpc) is 2.88. The van der Waals surface area contributed by atoms with E-state index >= 15 is 0 Å². The summed E-state index contributed by atoms with van der Waals surface area (Å²) < 4.78 is 1.91. The number of fused-ring (bicyclic) bond motifs is 2. The zero-order valence-corrected chi connectivity index (χ0v) is 12.6. The predicted octanol–water partition coefficient (Wildman–Crippen LogP) is 2.77. The molecular formula is C16H14N4OS. The maximum atomic E-state index is 12.4. The van der Waals surface area contributed by atoms with Crippen LogP contribution in [0, 0.1) is 0 Å². The normalized spacial score (nSPS) is 17.8. The van der Waals surface area contributed by atoms with Crippen molar-refractivity contribution in [1.29, 1.82) is 0 Å². The third-order valence-corrected chi connectivity index (χ3v) is 5.00. The summed E-state index contributed by atoms with van der Waals surface area (Å²) in [5.41, 5.74) is 2.90. The molecule has 1 atom stereocenters. The molecular weight excluding hydrogens is 296 g/mol. The first-order valence-corrected chi connectivity index (χ1v) is 8.04. The summed E-state index contributed by atoms with van der Waals surface area (Å²) in [6.45, 7) is 0. The van der Waals surface area contributed by atoms with Gasteiger partial charge in [0, 0.05) is 11.9 Å². The quantitative estimate of drug-likeness (QED) is 0.791. The number of nitrogens with one attached hydrogen (secondary N) is 1. The third kappa shape index (κ3) is 2.35. The minimum atomic E-state index is -0.167. The van der Waals surface area contributed by atoms with Gasteiger partial charge in [-0.05, 0) is 36.6 Å². The van der Waals surface area contributed by atoms with Gasteiger partial charge in [0.15, 0.2) is 10.8 Å². The van der Waals surface area contributed by atoms with E-state index < -0.39 is 0 Å². The second-order valence-electron chi connectivity index (χ2n) is 5.20. The number of para-hydroxylation sites is 1. The maximum absolute atomic E-state index is 12.4. The van der Waals surface area contributed by atoms with Gasteiger partial charge < -0.3 is 5.32 Å². The molecule has 1 aliphatic rings. The van der Waals surface area contributed by atoms with Crippen LogP contribution in [0.1, 0.15) is 12.0 Å². The van der Waals surface area contributed by atoms with E-state index in [9.17, 15) is 4.79 Å². The number of carbonyl (C=O) groups is 1. The molecule has 1 aliphatic heterocycles. The second kappa shape index (κ2) is 5.46. The van der Waals surface area contributed by atoms with Gasteiger partial charge in [0.25, 0.3) is 0 Å². The summed E-state index contributed by atoms with van der Waals surface area (Å²) in [6, 6.07) is 13.7. The summed E-state index contributed by atoms with van der Waals surface area (Å²) in [5.74, 6) is 0.0302. The van der Waals surface area contributed by atoms with Crippen LogP contribution in [0.2, 0.25) is 0 Å². The number of amides is 1. The Bertz CT molecular complexity index is 845. The van der Waals surface area contributed by atoms with Crippen LogP contribution < -0.4 is 5.32 Å². The highest BCUT2D eigenvalue weighted by molar-refractivity contribution is 8.00. The molecule has 0 saturated carbocycles. The van der Waals surface area contributed by atoms with Crippen LogP contribution >= 0.6 is 11.8 Å². The van der Waals surface area contributed by atoms with Gasteiger partial charge in [0.1, 0.15) is 0 Å². The number of pyridine rings is 1. The fourth-order valence-corrected chi connectivity index (χ4v) is 3.64. The van der Waals surface area contributed by atoms with Crippen LogP contribution in [0.25, 0.3) is 5.65 Å². The molecule has 0 saturated heterocycles. The Balaban J connectivity index is 1.60. The van der Waals surface area contributed by atoms with Crippen LogP contribution in [0.4, 0.5) is 5.69 Å². The molecule has 6 heteroatoms. The predicted molar refractivity (Wildman–Crippen MR) is 86.0 cm³/mol. The van der Waals surface area contributed by atoms with Crippen LogP contribution in [-0.4, -0.2) is 25.8 Å². The van der Waals surface area contributed by atoms with Crippen molar-refractivity contribution in [1.82, 2.24) is 14.6 Å². The van der Waals surface area contributed by atoms with Gasteiger partial charge in [-0.3, -0.25) is 9.20 Å². The second-order valence-corrected chi connectivity index (χ2v) is 6.37. The standard InChI is InChI=1S/C16H14N4OS/c21-15-13(9-8-11-5-1-2-6-12(11)17-15)22-16-19-18-14-7-3-4-10-20(14)16/h1-7,10,13H,8-9H2,(H,17,21)/t13-/m1/s1. The molecule has 3 heterocycles. The van der Waals surface area contributed by atoms with E-state index in [1.807, 2.05) is 47.0 Å². The number of hydrogen-bond donors (Lipinski definition) is 1. The third-order valence-electron chi connectivity index (χ3n) is 3.77. The SMILES string of the molecule is O=C1Nc2ccccc2CC[C@H]1Sc1nnc2ccccn12. The number of aryl methyl sites for hydroxylation is 1. The Morgan fingerprint density at radius 1 is 1.14 bits per heavy atom. The van der Waals surface area contributed by atoms with Gasteiger partial charge in [-0.15, -0.1) is 10.2 Å². The largest absolute Gasteiger partial charge is 0.325 e. The van der Waals surface area contributed by atoms with E-state index in [0.29, 0.717) is 0 Å². The molecule has 1 amide bonds. The van der Waals surface area contributed by atoms with Crippen molar-refractivity contribution in [3.05, 3.63) is 54.2 Å². The molecule has 3 aromatic rings. The molecule has 1 aromatic carbocycles. The summed E-state index contributed by atoms with van der Waals surface area (Å²) in [7, 11) is 0. The summed E-state index contributed by atoms with van der Waals surface area (Å²) in [6.07, 6.45) is 3.58. The number of aromatic nitrogens is 3. The Labute approximate surface area is 131 Å². The molecule has 0 unspecified atom stereocenters. The van der Waals surface area contributed by atoms with Crippen LogP contribution in [-0.2, 0) is 11.2 Å². The van der Waals surface area contributed by atoms with Gasteiger partial charge in [-0.25, -0.2) is 0 Å². The van der Waals surface area contributed by atoms with Crippen molar-refractivity contribution in [3.63, 3.8) is 0 Å². The lowest BCUT2D eigenvalue weighted by Gasteiger charge is -2.11. The molecule has 0 spiro atoms. The maximum Gasteiger partial charge on any atom is 0.237 e. The molecule has 0 radical (unpaired) electrons. The molecule has 22 heavy (non-hydrogen) atoms. The van der Waals surface area contributed by atoms with Crippen molar-refractivity contribution in [2.24, 2.45) is 0 Å². The first-order chi connectivity index (χ1) is 10.8. The lowest BCUT2D eigenvalue weighted by molar-refractivity contribution is -0.115. The van der Waals surface area contributed by atoms with Gasteiger partial charge in [0.05, 0.1) is 5.25 Å². The molecule has 2 aromatic heterocycles. The van der Waals surface area contributed by atoms with E-state index in [-0.39, 0.29) is 11.2 Å². The Hall–Kier alpha value is -2.34. The molecule has 5 nitrogen and oxygen atoms in total. The molecule has 0 aliphatic carbocycles. The van der Waals surface area contributed by atoms with Gasteiger partial charge >= 0.3 is 0 Å². The van der Waals surface area contributed by atoms with Crippen LogP contribution in [0.5, 0.6) is 0 Å². The van der Waals surface area contributed by atoms with Crippen molar-refractivity contribution in [2.45, 2.75) is 23.2 Å². The summed E-state index contributed by atoms with van der Waals surface area (Å²) in [5, 5.41) is 11.9. The monoisotopic (exact) mass is 310 g/mol. The topological polar surface area (TPSA) is 59.3 Å². The van der Waals surface area contributed by atoms with E-state index in [4.69, 9.17) is 0 Å². The molecule has 110 valence electrons. The minimum absolute atomic E-state index is 0.0302. The van der Waals surface area contributed by atoms with E-state index in [1.165, 1.54) is 17.3 Å². The van der Waals surface area contributed by atoms with Crippen molar-refractivity contribution in [3.8, 4) is 0 Å². The van der Waals surface area contributed by atoms with E-state index in [2.05, 4.69) is 21.6 Å². The zero-order valence-electron chi connectivity index (χ0n) is 11.8. The van der Waals surface area contributed by atoms with Crippen LogP contribution in [0.3, 0.4) is 0 Å². The minimum Gasteiger partial charge on any atom is -0.325 e. The zero-order chi connectivity index (χ0) is 14.9. The highest BCUT2D eigenvalue weighted by Crippen LogP contribution is 2.30. The number of thioether (sulfide) groups is 1. The lowest BCUT2D eigenvalue weighted by atomic mass is 10.1. The molecule has 1 N–H and O–H groups in total. The number of nitrogens with zero attached hydrogens (tertiary/aromatic N) is 3. The van der Waals surface area contributed by atoms with Crippen molar-refractivity contribution < 1.29 is 4.79 Å². The lowest BCUT2D eigenvalue weighted by Crippen LogP contribution is -2.23. The van der Waals surface area contributed by atoms with E-state index in [1.54, 1.807) is 0 Å². The fourth-order valence-electron chi connectivity index (χ4n) is 2.63. The Morgan fingerprint density at radius 2 is 2.00 bits per heavy atom. The van der Waals surface area contributed by atoms with Crippen molar-refractivity contribution >= 4 is 29.0 Å². The first kappa shape index (κ1) is 13.3. The van der Waals surface area contributed by atoms with Crippen molar-refractivity contribution in [2.75, 3.05) is 5.32 Å². The molecule has 0 bridgehead atoms. The Kier molecular flexibility index (Phi) is 3.31. The number of benzene rings is 1. The summed E-state index contributed by atoms with van der Waals surface area (Å²) in [4.78, 5) is 12.4. The summed E-state index contributed by atoms with van der Waals surface area (Å²) >= 11 is 1.47. The number of anilines is 1. The number of rotatable bonds is 2. The van der Waals surface area contributed by atoms with Gasteiger partial charge in [-0.2, -0.15) is 0 Å². The number of hydrogen-bond acceptors (Lipinski definition) is 4. The van der Waals surface area contributed by atoms with Crippen LogP contribution in [0.15, 0.2) is 53.8 Å². The molecule has 0 fully saturated rings.